The van der Waals surface area contributed by atoms with Crippen LogP contribution < -0.4 is 0 Å². The zero-order valence-electron chi connectivity index (χ0n) is 17.3. The van der Waals surface area contributed by atoms with E-state index in [4.69, 9.17) is 16.5 Å². The van der Waals surface area contributed by atoms with Crippen LogP contribution >= 0.6 is 0 Å². The van der Waals surface area contributed by atoms with Crippen molar-refractivity contribution in [2.24, 2.45) is 0 Å². The smallest absolute Gasteiger partial charge is 0.320 e. The summed E-state index contributed by atoms with van der Waals surface area (Å²) in [7, 11) is -9.04. The van der Waals surface area contributed by atoms with Gasteiger partial charge in [-0.1, -0.05) is 55.4 Å². The molecular formula is C16H40O4Si4. The lowest BCUT2D eigenvalue weighted by atomic mass is 10.9. The highest BCUT2D eigenvalue weighted by Crippen LogP contribution is 2.41. The van der Waals surface area contributed by atoms with Crippen LogP contribution in [0.2, 0.25) is 48.4 Å². The Morgan fingerprint density at radius 1 is 0.333 bits per heavy atom. The van der Waals surface area contributed by atoms with Crippen molar-refractivity contribution in [3.63, 3.8) is 0 Å². The second-order valence-corrected chi connectivity index (χ2v) is 23.1. The normalized spacial score (nSPS) is 25.0. The van der Waals surface area contributed by atoms with E-state index < -0.39 is 34.2 Å². The maximum atomic E-state index is 7.00. The van der Waals surface area contributed by atoms with Crippen molar-refractivity contribution < 1.29 is 16.5 Å². The lowest BCUT2D eigenvalue weighted by Crippen LogP contribution is -2.69. The fraction of sp³-hybridized carbons (Fsp3) is 1.00. The van der Waals surface area contributed by atoms with Crippen molar-refractivity contribution in [1.29, 1.82) is 0 Å². The van der Waals surface area contributed by atoms with Gasteiger partial charge in [-0.05, 0) is 48.4 Å². The predicted molar refractivity (Wildman–Crippen MR) is 111 cm³/mol. The van der Waals surface area contributed by atoms with E-state index in [-0.39, 0.29) is 0 Å². The van der Waals surface area contributed by atoms with Gasteiger partial charge < -0.3 is 16.5 Å². The monoisotopic (exact) mass is 408 g/mol. The number of rotatable bonds is 8. The van der Waals surface area contributed by atoms with E-state index in [1.165, 1.54) is 0 Å². The first-order chi connectivity index (χ1) is 11.3. The second-order valence-electron chi connectivity index (χ2n) is 6.88. The molecule has 1 aliphatic heterocycles. The van der Waals surface area contributed by atoms with E-state index in [0.717, 1.165) is 48.4 Å². The number of hydrogen-bond donors (Lipinski definition) is 0. The molecule has 0 atom stereocenters. The molecule has 4 nitrogen and oxygen atoms in total. The minimum atomic E-state index is -2.26. The summed E-state index contributed by atoms with van der Waals surface area (Å²) in [6.45, 7) is 17.9. The van der Waals surface area contributed by atoms with Crippen LogP contribution in [0.4, 0.5) is 0 Å². The van der Waals surface area contributed by atoms with Gasteiger partial charge in [0.25, 0.3) is 0 Å². The van der Waals surface area contributed by atoms with Gasteiger partial charge in [-0.25, -0.2) is 0 Å². The molecule has 1 rings (SSSR count). The van der Waals surface area contributed by atoms with E-state index in [9.17, 15) is 0 Å². The summed E-state index contributed by atoms with van der Waals surface area (Å²) in [6, 6.07) is 7.94. The third kappa shape index (κ3) is 4.51. The van der Waals surface area contributed by atoms with Crippen LogP contribution in [0, 0.1) is 0 Å². The maximum absolute atomic E-state index is 7.00. The van der Waals surface area contributed by atoms with Gasteiger partial charge in [0, 0.05) is 0 Å². The summed E-state index contributed by atoms with van der Waals surface area (Å²) in [5, 5.41) is 0. The third-order valence-electron chi connectivity index (χ3n) is 5.80. The summed E-state index contributed by atoms with van der Waals surface area (Å²) >= 11 is 0. The molecule has 0 bridgehead atoms. The SMILES string of the molecule is CC[Si]1(CC)O[Si](CC)(CC)O[Si](CC)(CC)O[Si](CC)(CC)O1. The molecule has 0 radical (unpaired) electrons. The lowest BCUT2D eigenvalue weighted by molar-refractivity contribution is 0.212. The fourth-order valence-electron chi connectivity index (χ4n) is 3.59. The molecule has 0 aromatic carbocycles. The summed E-state index contributed by atoms with van der Waals surface area (Å²) in [4.78, 5) is 0. The Labute approximate surface area is 154 Å². The Morgan fingerprint density at radius 2 is 0.458 bits per heavy atom. The highest BCUT2D eigenvalue weighted by Gasteiger charge is 2.58. The molecule has 8 heteroatoms. The summed E-state index contributed by atoms with van der Waals surface area (Å²) in [5.74, 6) is 0. The molecule has 1 fully saturated rings. The molecule has 1 heterocycles. The predicted octanol–water partition coefficient (Wildman–Crippen LogP) is 5.99. The molecule has 0 unspecified atom stereocenters. The molecule has 0 aliphatic carbocycles. The minimum absolute atomic E-state index is 0.993. The molecule has 1 saturated heterocycles. The largest absolute Gasteiger partial charge is 0.415 e. The standard InChI is InChI=1S/C16H40O4Si4/c1-9-21(10-2)17-22(11-3,12-4)19-24(15-7,16-8)20-23(13-5,14-6)18-21/h9-16H2,1-8H3. The third-order valence-corrected chi connectivity index (χ3v) is 26.3. The van der Waals surface area contributed by atoms with Crippen LogP contribution in [-0.2, 0) is 16.5 Å². The molecule has 0 saturated carbocycles. The van der Waals surface area contributed by atoms with Crippen molar-refractivity contribution in [2.75, 3.05) is 0 Å². The molecule has 144 valence electrons. The van der Waals surface area contributed by atoms with Crippen molar-refractivity contribution in [2.45, 2.75) is 104 Å². The summed E-state index contributed by atoms with van der Waals surface area (Å²) in [6.07, 6.45) is 0. The molecule has 1 aliphatic rings. The van der Waals surface area contributed by atoms with Crippen LogP contribution in [0.25, 0.3) is 0 Å². The Kier molecular flexibility index (Phi) is 8.60. The van der Waals surface area contributed by atoms with Crippen LogP contribution in [0.3, 0.4) is 0 Å². The molecule has 0 N–H and O–H groups in total. The molecule has 0 amide bonds. The van der Waals surface area contributed by atoms with Crippen molar-refractivity contribution in [3.8, 4) is 0 Å². The summed E-state index contributed by atoms with van der Waals surface area (Å²) < 4.78 is 28.0. The van der Waals surface area contributed by atoms with Gasteiger partial charge in [0.15, 0.2) is 0 Å². The van der Waals surface area contributed by atoms with Gasteiger partial charge in [0.2, 0.25) is 0 Å². The van der Waals surface area contributed by atoms with Crippen LogP contribution in [-0.4, -0.2) is 34.2 Å². The first kappa shape index (κ1) is 22.7. The quantitative estimate of drug-likeness (QED) is 0.462. The number of hydrogen-bond acceptors (Lipinski definition) is 4. The van der Waals surface area contributed by atoms with Crippen LogP contribution in [0.1, 0.15) is 55.4 Å². The van der Waals surface area contributed by atoms with Crippen LogP contribution in [0.15, 0.2) is 0 Å². The zero-order valence-corrected chi connectivity index (χ0v) is 21.3. The van der Waals surface area contributed by atoms with Crippen molar-refractivity contribution in [3.05, 3.63) is 0 Å². The van der Waals surface area contributed by atoms with Gasteiger partial charge >= 0.3 is 34.2 Å². The van der Waals surface area contributed by atoms with E-state index in [1.54, 1.807) is 0 Å². The van der Waals surface area contributed by atoms with Gasteiger partial charge in [0.05, 0.1) is 0 Å². The summed E-state index contributed by atoms with van der Waals surface area (Å²) in [5.41, 5.74) is 0. The van der Waals surface area contributed by atoms with E-state index in [0.29, 0.717) is 0 Å². The lowest BCUT2D eigenvalue weighted by Gasteiger charge is -2.52. The average molecular weight is 409 g/mol. The molecule has 0 spiro atoms. The molecular weight excluding hydrogens is 369 g/mol. The van der Waals surface area contributed by atoms with Crippen molar-refractivity contribution in [1.82, 2.24) is 0 Å². The topological polar surface area (TPSA) is 36.9 Å². The van der Waals surface area contributed by atoms with Gasteiger partial charge in [-0.3, -0.25) is 0 Å². The van der Waals surface area contributed by atoms with Crippen LogP contribution in [0.5, 0.6) is 0 Å². The minimum Gasteiger partial charge on any atom is -0.415 e. The average Bonchev–Trinajstić information content (AvgIpc) is 2.63. The molecule has 24 heavy (non-hydrogen) atoms. The van der Waals surface area contributed by atoms with Gasteiger partial charge in [-0.2, -0.15) is 0 Å². The fourth-order valence-corrected chi connectivity index (χ4v) is 27.8. The molecule has 0 aromatic heterocycles. The van der Waals surface area contributed by atoms with Gasteiger partial charge in [0.1, 0.15) is 0 Å². The van der Waals surface area contributed by atoms with E-state index in [1.807, 2.05) is 0 Å². The zero-order chi connectivity index (χ0) is 18.5. The first-order valence-corrected chi connectivity index (χ1v) is 19.0. The highest BCUT2D eigenvalue weighted by molar-refractivity contribution is 6.94. The highest BCUT2D eigenvalue weighted by atomic mass is 28.5. The first-order valence-electron chi connectivity index (χ1n) is 10.1. The Hall–Kier alpha value is 0.708. The Balaban J connectivity index is 3.45. The van der Waals surface area contributed by atoms with E-state index in [2.05, 4.69) is 55.4 Å². The van der Waals surface area contributed by atoms with Crippen molar-refractivity contribution >= 4 is 34.2 Å². The van der Waals surface area contributed by atoms with E-state index >= 15 is 0 Å². The van der Waals surface area contributed by atoms with Gasteiger partial charge in [-0.15, -0.1) is 0 Å². The Morgan fingerprint density at radius 3 is 0.542 bits per heavy atom. The maximum Gasteiger partial charge on any atom is 0.320 e. The molecule has 0 aromatic rings. The Bertz CT molecular complexity index is 290. The second kappa shape index (κ2) is 9.07.